The maximum absolute atomic E-state index is 12.5. The summed E-state index contributed by atoms with van der Waals surface area (Å²) in [5.74, 6) is 0.0487. The molecular formula is C20H32N2O3. The second-order valence-corrected chi connectivity index (χ2v) is 7.45. The zero-order chi connectivity index (χ0) is 18.9. The van der Waals surface area contributed by atoms with Crippen LogP contribution in [0.1, 0.15) is 52.5 Å². The number of unbranched alkanes of at least 4 members (excludes halogenated alkanes) is 1. The lowest BCUT2D eigenvalue weighted by molar-refractivity contribution is -0.121. The quantitative estimate of drug-likeness (QED) is 0.738. The minimum atomic E-state index is -0.586. The Morgan fingerprint density at radius 3 is 2.40 bits per heavy atom. The molecule has 1 N–H and O–H groups in total. The van der Waals surface area contributed by atoms with Crippen molar-refractivity contribution in [2.75, 3.05) is 13.6 Å². The molecule has 0 aromatic heterocycles. The number of likely N-dealkylation sites (N-methyl/N-ethyl adjacent to an activating group) is 1. The summed E-state index contributed by atoms with van der Waals surface area (Å²) in [5.41, 5.74) is 0.582. The van der Waals surface area contributed by atoms with Crippen LogP contribution in [0.15, 0.2) is 30.3 Å². The highest BCUT2D eigenvalue weighted by atomic mass is 16.6. The molecule has 1 rings (SSSR count). The van der Waals surface area contributed by atoms with Gasteiger partial charge in [0.1, 0.15) is 11.6 Å². The van der Waals surface area contributed by atoms with Crippen molar-refractivity contribution in [1.29, 1.82) is 0 Å². The second-order valence-electron chi connectivity index (χ2n) is 7.45. The number of carbonyl (C=O) groups is 2. The molecule has 1 amide bonds. The molecule has 0 spiro atoms. The van der Waals surface area contributed by atoms with Gasteiger partial charge in [0.2, 0.25) is 0 Å². The normalized spacial score (nSPS) is 12.7. The fourth-order valence-electron chi connectivity index (χ4n) is 2.47. The smallest absolute Gasteiger partial charge is 0.408 e. The van der Waals surface area contributed by atoms with E-state index in [9.17, 15) is 9.59 Å². The molecule has 1 unspecified atom stereocenters. The molecule has 0 saturated heterocycles. The van der Waals surface area contributed by atoms with Gasteiger partial charge in [0, 0.05) is 19.5 Å². The molecule has 0 saturated carbocycles. The fraction of sp³-hybridized carbons (Fsp3) is 0.600. The molecule has 0 bridgehead atoms. The first-order valence-corrected chi connectivity index (χ1v) is 8.96. The van der Waals surface area contributed by atoms with Gasteiger partial charge in [-0.15, -0.1) is 0 Å². The minimum absolute atomic E-state index is 0.0487. The number of hydrogen-bond donors (Lipinski definition) is 1. The van der Waals surface area contributed by atoms with Gasteiger partial charge in [-0.1, -0.05) is 43.7 Å². The fourth-order valence-corrected chi connectivity index (χ4v) is 2.47. The number of benzene rings is 1. The Kier molecular flexibility index (Phi) is 8.62. The first-order valence-electron chi connectivity index (χ1n) is 8.96. The SMILES string of the molecule is CCCCC(=O)C(CN(C)Cc1ccccc1)NC(=O)OC(C)(C)C. The van der Waals surface area contributed by atoms with Crippen LogP contribution in [0.5, 0.6) is 0 Å². The summed E-state index contributed by atoms with van der Waals surface area (Å²) in [6.07, 6.45) is 1.70. The van der Waals surface area contributed by atoms with Crippen molar-refractivity contribution < 1.29 is 14.3 Å². The van der Waals surface area contributed by atoms with E-state index in [-0.39, 0.29) is 5.78 Å². The third-order valence-electron chi connectivity index (χ3n) is 3.65. The van der Waals surface area contributed by atoms with Crippen LogP contribution in [0.25, 0.3) is 0 Å². The maximum Gasteiger partial charge on any atom is 0.408 e. The monoisotopic (exact) mass is 348 g/mol. The van der Waals surface area contributed by atoms with Crippen molar-refractivity contribution in [2.24, 2.45) is 0 Å². The molecule has 1 aromatic rings. The predicted octanol–water partition coefficient (Wildman–Crippen LogP) is 3.77. The van der Waals surface area contributed by atoms with Crippen LogP contribution in [0, 0.1) is 0 Å². The van der Waals surface area contributed by atoms with Gasteiger partial charge < -0.3 is 10.1 Å². The van der Waals surface area contributed by atoms with E-state index >= 15 is 0 Å². The minimum Gasteiger partial charge on any atom is -0.444 e. The molecule has 0 aliphatic rings. The largest absolute Gasteiger partial charge is 0.444 e. The van der Waals surface area contributed by atoms with Crippen LogP contribution < -0.4 is 5.32 Å². The van der Waals surface area contributed by atoms with E-state index < -0.39 is 17.7 Å². The van der Waals surface area contributed by atoms with Crippen LogP contribution in [-0.2, 0) is 16.1 Å². The lowest BCUT2D eigenvalue weighted by Gasteiger charge is -2.26. The van der Waals surface area contributed by atoms with Gasteiger partial charge in [-0.25, -0.2) is 4.79 Å². The molecule has 1 atom stereocenters. The molecular weight excluding hydrogens is 316 g/mol. The third-order valence-corrected chi connectivity index (χ3v) is 3.65. The Hall–Kier alpha value is -1.88. The van der Waals surface area contributed by atoms with E-state index in [4.69, 9.17) is 4.74 Å². The Balaban J connectivity index is 2.69. The van der Waals surface area contributed by atoms with Gasteiger partial charge in [-0.2, -0.15) is 0 Å². The molecule has 5 heteroatoms. The van der Waals surface area contributed by atoms with E-state index in [2.05, 4.69) is 5.32 Å². The van der Waals surface area contributed by atoms with Crippen LogP contribution in [0.4, 0.5) is 4.79 Å². The van der Waals surface area contributed by atoms with Crippen molar-refractivity contribution in [3.63, 3.8) is 0 Å². The molecule has 0 aliphatic carbocycles. The standard InChI is InChI=1S/C20H32N2O3/c1-6-7-13-18(23)17(21-19(24)25-20(2,3)4)15-22(5)14-16-11-9-8-10-12-16/h8-12,17H,6-7,13-15H2,1-5H3,(H,21,24). The second kappa shape index (κ2) is 10.2. The number of hydrogen-bond acceptors (Lipinski definition) is 4. The molecule has 0 fully saturated rings. The van der Waals surface area contributed by atoms with Crippen molar-refractivity contribution in [3.8, 4) is 0 Å². The van der Waals surface area contributed by atoms with E-state index in [1.54, 1.807) is 0 Å². The third kappa shape index (κ3) is 9.25. The number of nitrogens with zero attached hydrogens (tertiary/aromatic N) is 1. The van der Waals surface area contributed by atoms with Gasteiger partial charge in [0.05, 0.1) is 0 Å². The summed E-state index contributed by atoms with van der Waals surface area (Å²) in [6, 6.07) is 9.50. The summed E-state index contributed by atoms with van der Waals surface area (Å²) >= 11 is 0. The number of Topliss-reactive ketones (excluding diaryl/α,β-unsaturated/α-hetero) is 1. The number of carbonyl (C=O) groups excluding carboxylic acids is 2. The zero-order valence-corrected chi connectivity index (χ0v) is 16.2. The van der Waals surface area contributed by atoms with Crippen LogP contribution >= 0.6 is 0 Å². The highest BCUT2D eigenvalue weighted by Gasteiger charge is 2.25. The number of ketones is 1. The van der Waals surface area contributed by atoms with Gasteiger partial charge in [-0.3, -0.25) is 9.69 Å². The van der Waals surface area contributed by atoms with E-state index in [0.717, 1.165) is 12.8 Å². The van der Waals surface area contributed by atoms with E-state index in [1.807, 2.05) is 70.0 Å². The van der Waals surface area contributed by atoms with E-state index in [1.165, 1.54) is 5.56 Å². The van der Waals surface area contributed by atoms with Crippen LogP contribution in [0.2, 0.25) is 0 Å². The van der Waals surface area contributed by atoms with Gasteiger partial charge in [0.25, 0.3) is 0 Å². The van der Waals surface area contributed by atoms with Crippen molar-refractivity contribution in [2.45, 2.75) is 65.1 Å². The first-order chi connectivity index (χ1) is 11.7. The summed E-state index contributed by atoms with van der Waals surface area (Å²) in [6.45, 7) is 8.64. The average Bonchev–Trinajstić information content (AvgIpc) is 2.51. The Morgan fingerprint density at radius 2 is 1.84 bits per heavy atom. The van der Waals surface area contributed by atoms with Gasteiger partial charge in [-0.05, 0) is 39.8 Å². The zero-order valence-electron chi connectivity index (χ0n) is 16.2. The molecule has 0 radical (unpaired) electrons. The molecule has 1 aromatic carbocycles. The lowest BCUT2D eigenvalue weighted by Crippen LogP contribution is -2.49. The molecule has 140 valence electrons. The van der Waals surface area contributed by atoms with Gasteiger partial charge in [0.15, 0.2) is 5.78 Å². The van der Waals surface area contributed by atoms with E-state index in [0.29, 0.717) is 19.5 Å². The molecule has 0 aliphatic heterocycles. The predicted molar refractivity (Wildman–Crippen MR) is 100 cm³/mol. The Bertz CT molecular complexity index is 538. The average molecular weight is 348 g/mol. The van der Waals surface area contributed by atoms with Gasteiger partial charge >= 0.3 is 6.09 Å². The molecule has 25 heavy (non-hydrogen) atoms. The van der Waals surface area contributed by atoms with Crippen LogP contribution in [0.3, 0.4) is 0 Å². The highest BCUT2D eigenvalue weighted by Crippen LogP contribution is 2.09. The van der Waals surface area contributed by atoms with Crippen molar-refractivity contribution in [3.05, 3.63) is 35.9 Å². The maximum atomic E-state index is 12.5. The summed E-state index contributed by atoms with van der Waals surface area (Å²) in [5, 5.41) is 2.75. The number of ether oxygens (including phenoxy) is 1. The Morgan fingerprint density at radius 1 is 1.20 bits per heavy atom. The highest BCUT2D eigenvalue weighted by molar-refractivity contribution is 5.87. The van der Waals surface area contributed by atoms with Crippen LogP contribution in [-0.4, -0.2) is 42.0 Å². The number of amides is 1. The number of nitrogens with one attached hydrogen (secondary N) is 1. The van der Waals surface area contributed by atoms with Crippen molar-refractivity contribution >= 4 is 11.9 Å². The topological polar surface area (TPSA) is 58.6 Å². The molecule has 5 nitrogen and oxygen atoms in total. The number of alkyl carbamates (subject to hydrolysis) is 1. The summed E-state index contributed by atoms with van der Waals surface area (Å²) < 4.78 is 5.30. The Labute approximate surface area is 151 Å². The first kappa shape index (κ1) is 21.2. The van der Waals surface area contributed by atoms with Crippen molar-refractivity contribution in [1.82, 2.24) is 10.2 Å². The summed E-state index contributed by atoms with van der Waals surface area (Å²) in [7, 11) is 1.95. The summed E-state index contributed by atoms with van der Waals surface area (Å²) in [4.78, 5) is 26.6. The number of rotatable bonds is 9. The lowest BCUT2D eigenvalue weighted by atomic mass is 10.1. The molecule has 0 heterocycles.